The number of hydrogen-bond donors (Lipinski definition) is 2. The van der Waals surface area contributed by atoms with Crippen LogP contribution in [0.15, 0.2) is 77.7 Å². The number of nitrogens with zero attached hydrogens (tertiary/aromatic N) is 1. The van der Waals surface area contributed by atoms with E-state index in [9.17, 15) is 33.2 Å². The molecule has 0 atom stereocenters. The third-order valence-corrected chi connectivity index (χ3v) is 5.45. The van der Waals surface area contributed by atoms with Crippen molar-refractivity contribution in [3.63, 3.8) is 0 Å². The highest BCUT2D eigenvalue weighted by Crippen LogP contribution is 2.20. The van der Waals surface area contributed by atoms with E-state index in [1.807, 2.05) is 0 Å². The highest BCUT2D eigenvalue weighted by molar-refractivity contribution is 7.92. The van der Waals surface area contributed by atoms with Gasteiger partial charge in [0.05, 0.1) is 15.8 Å². The number of aromatic carboxylic acids is 1. The normalized spacial score (nSPS) is 10.8. The van der Waals surface area contributed by atoms with Crippen molar-refractivity contribution in [1.82, 2.24) is 0 Å². The number of anilines is 2. The Morgan fingerprint density at radius 1 is 0.839 bits per heavy atom. The van der Waals surface area contributed by atoms with Crippen LogP contribution >= 0.6 is 0 Å². The third kappa shape index (κ3) is 5.22. The summed E-state index contributed by atoms with van der Waals surface area (Å²) in [5.41, 5.74) is -0.238. The number of nitro groups is 1. The van der Waals surface area contributed by atoms with Crippen LogP contribution in [0.5, 0.6) is 0 Å². The number of benzene rings is 3. The Morgan fingerprint density at radius 3 is 2.19 bits per heavy atom. The van der Waals surface area contributed by atoms with Crippen LogP contribution in [-0.4, -0.2) is 25.2 Å². The minimum absolute atomic E-state index is 0.00197. The molecule has 31 heavy (non-hydrogen) atoms. The first-order valence-corrected chi connectivity index (χ1v) is 10.1. The van der Waals surface area contributed by atoms with E-state index in [0.717, 1.165) is 12.1 Å². The summed E-state index contributed by atoms with van der Waals surface area (Å²) in [6.45, 7) is 0. The summed E-state index contributed by atoms with van der Waals surface area (Å²) in [6.07, 6.45) is 0. The SMILES string of the molecule is O=C([O-])c1cccc(NS(=O)(=O)c2cccc(C(=O)Nc3cccc([N+](=O)[O-])c3)c2)c1. The number of amides is 1. The second-order valence-corrected chi connectivity index (χ2v) is 7.95. The Morgan fingerprint density at radius 2 is 1.48 bits per heavy atom. The summed E-state index contributed by atoms with van der Waals surface area (Å²) >= 11 is 0. The standard InChI is InChI=1S/C20H15N3O7S/c24-19(21-15-6-3-8-17(12-15)23(27)28)13-4-2-9-18(11-13)31(29,30)22-16-7-1-5-14(10-16)20(25)26/h1-12,22H,(H,21,24)(H,25,26)/p-1. The molecule has 0 aromatic heterocycles. The lowest BCUT2D eigenvalue weighted by molar-refractivity contribution is -0.384. The molecule has 11 heteroatoms. The van der Waals surface area contributed by atoms with Crippen LogP contribution in [0.4, 0.5) is 17.1 Å². The largest absolute Gasteiger partial charge is 0.545 e. The van der Waals surface area contributed by atoms with Gasteiger partial charge in [0.1, 0.15) is 0 Å². The van der Waals surface area contributed by atoms with Crippen molar-refractivity contribution in [2.45, 2.75) is 4.90 Å². The van der Waals surface area contributed by atoms with Crippen LogP contribution in [0.1, 0.15) is 20.7 Å². The van der Waals surface area contributed by atoms with E-state index in [1.165, 1.54) is 60.7 Å². The molecular weight excluding hydrogens is 426 g/mol. The first kappa shape index (κ1) is 21.5. The predicted octanol–water partition coefficient (Wildman–Crippen LogP) is 2.01. The molecule has 0 bridgehead atoms. The number of rotatable bonds is 7. The maximum absolute atomic E-state index is 12.7. The summed E-state index contributed by atoms with van der Waals surface area (Å²) in [6, 6.07) is 15.5. The van der Waals surface area contributed by atoms with Gasteiger partial charge in [-0.25, -0.2) is 8.42 Å². The average Bonchev–Trinajstić information content (AvgIpc) is 2.74. The monoisotopic (exact) mass is 440 g/mol. The van der Waals surface area contributed by atoms with E-state index >= 15 is 0 Å². The van der Waals surface area contributed by atoms with Crippen molar-refractivity contribution in [2.75, 3.05) is 10.0 Å². The van der Waals surface area contributed by atoms with E-state index in [1.54, 1.807) is 0 Å². The first-order valence-electron chi connectivity index (χ1n) is 8.66. The summed E-state index contributed by atoms with van der Waals surface area (Å²) < 4.78 is 27.5. The zero-order valence-corrected chi connectivity index (χ0v) is 16.5. The van der Waals surface area contributed by atoms with Gasteiger partial charge in [-0.1, -0.05) is 24.3 Å². The fourth-order valence-corrected chi connectivity index (χ4v) is 3.72. The van der Waals surface area contributed by atoms with E-state index < -0.39 is 26.8 Å². The van der Waals surface area contributed by atoms with Crippen molar-refractivity contribution in [2.24, 2.45) is 0 Å². The number of carboxylic acid groups (broad SMARTS) is 1. The van der Waals surface area contributed by atoms with Crippen LogP contribution in [0.2, 0.25) is 0 Å². The molecule has 2 N–H and O–H groups in total. The number of carbonyl (C=O) groups excluding carboxylic acids is 2. The molecule has 0 spiro atoms. The molecule has 0 aliphatic carbocycles. The van der Waals surface area contributed by atoms with Crippen molar-refractivity contribution >= 4 is 39.0 Å². The van der Waals surface area contributed by atoms with Gasteiger partial charge in [0.25, 0.3) is 21.6 Å². The Labute approximate surface area is 176 Å². The summed E-state index contributed by atoms with van der Waals surface area (Å²) in [4.78, 5) is 33.4. The highest BCUT2D eigenvalue weighted by atomic mass is 32.2. The molecule has 3 rings (SSSR count). The van der Waals surface area contributed by atoms with Crippen molar-refractivity contribution in [3.8, 4) is 0 Å². The molecule has 3 aromatic carbocycles. The molecule has 0 aliphatic rings. The van der Waals surface area contributed by atoms with Crippen LogP contribution in [0.25, 0.3) is 0 Å². The maximum Gasteiger partial charge on any atom is 0.271 e. The van der Waals surface area contributed by atoms with Crippen LogP contribution in [0, 0.1) is 10.1 Å². The van der Waals surface area contributed by atoms with E-state index in [2.05, 4.69) is 10.0 Å². The summed E-state index contributed by atoms with van der Waals surface area (Å²) in [5.74, 6) is -2.13. The summed E-state index contributed by atoms with van der Waals surface area (Å²) in [5, 5.41) is 24.3. The highest BCUT2D eigenvalue weighted by Gasteiger charge is 2.17. The number of non-ortho nitro benzene ring substituents is 1. The Hall–Kier alpha value is -4.25. The number of sulfonamides is 1. The molecule has 0 aliphatic heterocycles. The zero-order valence-electron chi connectivity index (χ0n) is 15.6. The number of nitrogens with one attached hydrogen (secondary N) is 2. The molecule has 1 amide bonds. The Bertz CT molecular complexity index is 1290. The number of hydrogen-bond acceptors (Lipinski definition) is 7. The fraction of sp³-hybridized carbons (Fsp3) is 0. The van der Waals surface area contributed by atoms with Crippen LogP contribution in [0.3, 0.4) is 0 Å². The minimum atomic E-state index is -4.14. The zero-order chi connectivity index (χ0) is 22.6. The van der Waals surface area contributed by atoms with Gasteiger partial charge >= 0.3 is 0 Å². The van der Waals surface area contributed by atoms with Gasteiger partial charge in [0.15, 0.2) is 0 Å². The van der Waals surface area contributed by atoms with Crippen LogP contribution in [-0.2, 0) is 10.0 Å². The van der Waals surface area contributed by atoms with Crippen molar-refractivity contribution in [3.05, 3.63) is 94.0 Å². The van der Waals surface area contributed by atoms with Gasteiger partial charge in [-0.2, -0.15) is 0 Å². The number of nitro benzene ring substituents is 1. The summed E-state index contributed by atoms with van der Waals surface area (Å²) in [7, 11) is -4.14. The Balaban J connectivity index is 1.82. The molecule has 0 fully saturated rings. The molecule has 0 radical (unpaired) electrons. The van der Waals surface area contributed by atoms with Gasteiger partial charge in [-0.15, -0.1) is 0 Å². The fourth-order valence-electron chi connectivity index (χ4n) is 2.63. The second kappa shape index (κ2) is 8.63. The topological polar surface area (TPSA) is 159 Å². The van der Waals surface area contributed by atoms with Gasteiger partial charge in [-0.3, -0.25) is 19.6 Å². The van der Waals surface area contributed by atoms with Gasteiger partial charge in [0, 0.05) is 29.1 Å². The molecular formula is C20H14N3O7S-. The molecule has 0 saturated heterocycles. The molecule has 0 heterocycles. The van der Waals surface area contributed by atoms with E-state index in [0.29, 0.717) is 0 Å². The lowest BCUT2D eigenvalue weighted by Gasteiger charge is -2.11. The van der Waals surface area contributed by atoms with Gasteiger partial charge in [0.2, 0.25) is 0 Å². The predicted molar refractivity (Wildman–Crippen MR) is 109 cm³/mol. The number of carboxylic acids is 1. The molecule has 3 aromatic rings. The van der Waals surface area contributed by atoms with E-state index in [4.69, 9.17) is 0 Å². The molecule has 0 unspecified atom stereocenters. The first-order chi connectivity index (χ1) is 14.7. The smallest absolute Gasteiger partial charge is 0.271 e. The van der Waals surface area contributed by atoms with Gasteiger partial charge in [-0.05, 0) is 42.0 Å². The lowest BCUT2D eigenvalue weighted by atomic mass is 10.2. The van der Waals surface area contributed by atoms with Crippen molar-refractivity contribution < 1.29 is 28.0 Å². The van der Waals surface area contributed by atoms with Crippen LogP contribution < -0.4 is 15.1 Å². The Kier molecular flexibility index (Phi) is 5.97. The molecule has 158 valence electrons. The number of carbonyl (C=O) groups is 2. The quantitative estimate of drug-likeness (QED) is 0.420. The maximum atomic E-state index is 12.7. The second-order valence-electron chi connectivity index (χ2n) is 6.26. The van der Waals surface area contributed by atoms with E-state index in [-0.39, 0.29) is 33.1 Å². The lowest BCUT2D eigenvalue weighted by Crippen LogP contribution is -2.22. The third-order valence-electron chi connectivity index (χ3n) is 4.07. The van der Waals surface area contributed by atoms with Crippen molar-refractivity contribution in [1.29, 1.82) is 0 Å². The molecule has 0 saturated carbocycles. The average molecular weight is 440 g/mol. The molecule has 10 nitrogen and oxygen atoms in total. The minimum Gasteiger partial charge on any atom is -0.545 e. The van der Waals surface area contributed by atoms with Gasteiger partial charge < -0.3 is 15.2 Å².